The van der Waals surface area contributed by atoms with Crippen LogP contribution in [0.15, 0.2) is 6.07 Å². The Balaban J connectivity index is 3.43. The van der Waals surface area contributed by atoms with Crippen LogP contribution in [0.3, 0.4) is 0 Å². The van der Waals surface area contributed by atoms with Crippen LogP contribution in [0.2, 0.25) is 5.02 Å². The molecule has 0 saturated heterocycles. The van der Waals surface area contributed by atoms with Gasteiger partial charge in [0.15, 0.2) is 0 Å². The molecule has 0 aliphatic rings. The first-order chi connectivity index (χ1) is 6.49. The Bertz CT molecular complexity index is 348. The van der Waals surface area contributed by atoms with Crippen molar-refractivity contribution in [3.8, 4) is 5.75 Å². The van der Waals surface area contributed by atoms with Gasteiger partial charge in [0.1, 0.15) is 5.75 Å². The van der Waals surface area contributed by atoms with Crippen LogP contribution in [-0.4, -0.2) is 7.11 Å². The summed E-state index contributed by atoms with van der Waals surface area (Å²) in [6.07, 6.45) is 0. The number of aryl methyl sites for hydroxylation is 1. The van der Waals surface area contributed by atoms with Crippen LogP contribution in [0, 0.1) is 13.8 Å². The van der Waals surface area contributed by atoms with Crippen LogP contribution in [0.4, 0.5) is 0 Å². The molecule has 0 spiro atoms. The molecule has 2 N–H and O–H groups in total. The van der Waals surface area contributed by atoms with Gasteiger partial charge in [0.25, 0.3) is 0 Å². The Labute approximate surface area is 90.0 Å². The van der Waals surface area contributed by atoms with Crippen molar-refractivity contribution >= 4 is 11.6 Å². The molecule has 1 rings (SSSR count). The van der Waals surface area contributed by atoms with E-state index in [2.05, 4.69) is 0 Å². The van der Waals surface area contributed by atoms with Crippen LogP contribution in [0.1, 0.15) is 29.7 Å². The number of rotatable bonds is 2. The maximum atomic E-state index is 6.12. The summed E-state index contributed by atoms with van der Waals surface area (Å²) in [6, 6.07) is 1.94. The van der Waals surface area contributed by atoms with E-state index >= 15 is 0 Å². The normalized spacial score (nSPS) is 12.7. The highest BCUT2D eigenvalue weighted by Gasteiger charge is 2.14. The van der Waals surface area contributed by atoms with Gasteiger partial charge in [-0.05, 0) is 32.4 Å². The minimum Gasteiger partial charge on any atom is -0.496 e. The van der Waals surface area contributed by atoms with E-state index in [4.69, 9.17) is 22.1 Å². The van der Waals surface area contributed by atoms with Crippen LogP contribution in [-0.2, 0) is 0 Å². The summed E-state index contributed by atoms with van der Waals surface area (Å²) < 4.78 is 5.31. The molecule has 0 radical (unpaired) electrons. The van der Waals surface area contributed by atoms with E-state index in [0.717, 1.165) is 27.5 Å². The van der Waals surface area contributed by atoms with Crippen LogP contribution in [0.25, 0.3) is 0 Å². The summed E-state index contributed by atoms with van der Waals surface area (Å²) >= 11 is 6.12. The number of hydrogen-bond donors (Lipinski definition) is 1. The number of hydrogen-bond acceptors (Lipinski definition) is 2. The minimum absolute atomic E-state index is 0.0420. The summed E-state index contributed by atoms with van der Waals surface area (Å²) in [6.45, 7) is 5.85. The molecule has 0 aliphatic carbocycles. The lowest BCUT2D eigenvalue weighted by Crippen LogP contribution is -2.08. The molecule has 0 fully saturated rings. The van der Waals surface area contributed by atoms with Gasteiger partial charge in [-0.2, -0.15) is 0 Å². The summed E-state index contributed by atoms with van der Waals surface area (Å²) in [4.78, 5) is 0. The zero-order valence-corrected chi connectivity index (χ0v) is 9.77. The van der Waals surface area contributed by atoms with Crippen molar-refractivity contribution < 1.29 is 4.74 Å². The van der Waals surface area contributed by atoms with Gasteiger partial charge < -0.3 is 10.5 Å². The lowest BCUT2D eigenvalue weighted by atomic mass is 10.0. The quantitative estimate of drug-likeness (QED) is 0.820. The fraction of sp³-hybridized carbons (Fsp3) is 0.455. The summed E-state index contributed by atoms with van der Waals surface area (Å²) in [7, 11) is 1.64. The van der Waals surface area contributed by atoms with Crippen LogP contribution >= 0.6 is 11.6 Å². The van der Waals surface area contributed by atoms with E-state index in [9.17, 15) is 0 Å². The fourth-order valence-corrected chi connectivity index (χ4v) is 1.72. The second kappa shape index (κ2) is 4.20. The number of halogens is 1. The number of methoxy groups -OCH3 is 1. The van der Waals surface area contributed by atoms with Crippen molar-refractivity contribution in [1.29, 1.82) is 0 Å². The van der Waals surface area contributed by atoms with Crippen molar-refractivity contribution in [2.24, 2.45) is 5.73 Å². The Hall–Kier alpha value is -0.730. The van der Waals surface area contributed by atoms with Gasteiger partial charge in [-0.3, -0.25) is 0 Å². The molecule has 0 aromatic heterocycles. The highest BCUT2D eigenvalue weighted by Crippen LogP contribution is 2.34. The molecule has 0 bridgehead atoms. The molecule has 0 heterocycles. The average molecular weight is 214 g/mol. The fourth-order valence-electron chi connectivity index (χ4n) is 1.58. The standard InChI is InChI=1S/C11H16ClNO/c1-6-5-9(8(3)13)11(14-4)7(2)10(6)12/h5,8H,13H2,1-4H3. The van der Waals surface area contributed by atoms with Crippen molar-refractivity contribution in [3.05, 3.63) is 27.8 Å². The summed E-state index contributed by atoms with van der Waals surface area (Å²) in [5, 5.41) is 0.756. The predicted molar refractivity (Wildman–Crippen MR) is 60.1 cm³/mol. The smallest absolute Gasteiger partial charge is 0.128 e. The highest BCUT2D eigenvalue weighted by atomic mass is 35.5. The van der Waals surface area contributed by atoms with E-state index in [1.807, 2.05) is 26.8 Å². The van der Waals surface area contributed by atoms with Crippen LogP contribution in [0.5, 0.6) is 5.75 Å². The first-order valence-electron chi connectivity index (χ1n) is 4.58. The van der Waals surface area contributed by atoms with Gasteiger partial charge in [0.05, 0.1) is 12.1 Å². The average Bonchev–Trinajstić information content (AvgIpc) is 2.13. The number of nitrogens with two attached hydrogens (primary N) is 1. The molecule has 1 unspecified atom stereocenters. The molecule has 1 aromatic rings. The molecular weight excluding hydrogens is 198 g/mol. The largest absolute Gasteiger partial charge is 0.496 e. The Kier molecular flexibility index (Phi) is 3.40. The first-order valence-corrected chi connectivity index (χ1v) is 4.96. The zero-order chi connectivity index (χ0) is 10.9. The Morgan fingerprint density at radius 3 is 2.43 bits per heavy atom. The van der Waals surface area contributed by atoms with Gasteiger partial charge in [-0.15, -0.1) is 0 Å². The molecule has 0 aliphatic heterocycles. The van der Waals surface area contributed by atoms with Crippen LogP contribution < -0.4 is 10.5 Å². The maximum Gasteiger partial charge on any atom is 0.128 e. The molecule has 0 amide bonds. The third-order valence-electron chi connectivity index (χ3n) is 2.34. The second-order valence-electron chi connectivity index (χ2n) is 3.54. The lowest BCUT2D eigenvalue weighted by Gasteiger charge is -2.16. The van der Waals surface area contributed by atoms with E-state index in [0.29, 0.717) is 0 Å². The molecule has 0 saturated carbocycles. The molecule has 2 nitrogen and oxygen atoms in total. The predicted octanol–water partition coefficient (Wildman–Crippen LogP) is 2.99. The monoisotopic (exact) mass is 213 g/mol. The Morgan fingerprint density at radius 1 is 1.43 bits per heavy atom. The van der Waals surface area contributed by atoms with E-state index < -0.39 is 0 Å². The summed E-state index contributed by atoms with van der Waals surface area (Å²) in [5.41, 5.74) is 8.86. The van der Waals surface area contributed by atoms with Crippen molar-refractivity contribution in [2.75, 3.05) is 7.11 Å². The third kappa shape index (κ3) is 1.86. The molecule has 3 heteroatoms. The summed E-state index contributed by atoms with van der Waals surface area (Å²) in [5.74, 6) is 0.801. The molecule has 1 aromatic carbocycles. The second-order valence-corrected chi connectivity index (χ2v) is 3.92. The van der Waals surface area contributed by atoms with Gasteiger partial charge in [0.2, 0.25) is 0 Å². The molecular formula is C11H16ClNO. The van der Waals surface area contributed by atoms with E-state index in [1.54, 1.807) is 7.11 Å². The zero-order valence-electron chi connectivity index (χ0n) is 9.02. The van der Waals surface area contributed by atoms with Crippen molar-refractivity contribution in [2.45, 2.75) is 26.8 Å². The van der Waals surface area contributed by atoms with Gasteiger partial charge >= 0.3 is 0 Å². The van der Waals surface area contributed by atoms with Crippen molar-refractivity contribution in [3.63, 3.8) is 0 Å². The number of ether oxygens (including phenoxy) is 1. The molecule has 14 heavy (non-hydrogen) atoms. The van der Waals surface area contributed by atoms with Gasteiger partial charge in [0, 0.05) is 17.2 Å². The highest BCUT2D eigenvalue weighted by molar-refractivity contribution is 6.32. The van der Waals surface area contributed by atoms with Gasteiger partial charge in [-0.25, -0.2) is 0 Å². The maximum absolute atomic E-state index is 6.12. The third-order valence-corrected chi connectivity index (χ3v) is 2.93. The Morgan fingerprint density at radius 2 is 2.00 bits per heavy atom. The SMILES string of the molecule is COc1c(C(C)N)cc(C)c(Cl)c1C. The van der Waals surface area contributed by atoms with Crippen molar-refractivity contribution in [1.82, 2.24) is 0 Å². The molecule has 78 valence electrons. The van der Waals surface area contributed by atoms with E-state index in [-0.39, 0.29) is 6.04 Å². The lowest BCUT2D eigenvalue weighted by molar-refractivity contribution is 0.403. The number of benzene rings is 1. The van der Waals surface area contributed by atoms with E-state index in [1.165, 1.54) is 0 Å². The molecule has 1 atom stereocenters. The first kappa shape index (κ1) is 11.3. The minimum atomic E-state index is -0.0420. The van der Waals surface area contributed by atoms with Gasteiger partial charge in [-0.1, -0.05) is 11.6 Å². The topological polar surface area (TPSA) is 35.2 Å².